The van der Waals surface area contributed by atoms with Gasteiger partial charge in [0.15, 0.2) is 11.8 Å². The molecule has 2 N–H and O–H groups in total. The van der Waals surface area contributed by atoms with Crippen molar-refractivity contribution in [2.45, 2.75) is 13.0 Å². The molecule has 0 spiro atoms. The number of hydrogen-bond acceptors (Lipinski definition) is 6. The number of benzene rings is 2. The third kappa shape index (κ3) is 4.32. The molecule has 0 fully saturated rings. The van der Waals surface area contributed by atoms with Gasteiger partial charge in [0.2, 0.25) is 15.8 Å². The highest BCUT2D eigenvalue weighted by Gasteiger charge is 2.23. The van der Waals surface area contributed by atoms with Crippen molar-refractivity contribution in [3.8, 4) is 0 Å². The van der Waals surface area contributed by atoms with E-state index < -0.39 is 27.9 Å². The second-order valence-corrected chi connectivity index (χ2v) is 7.73. The first-order valence-electron chi connectivity index (χ1n) is 8.01. The maximum absolute atomic E-state index is 12.5. The van der Waals surface area contributed by atoms with Gasteiger partial charge < -0.3 is 4.74 Å². The molecule has 8 nitrogen and oxygen atoms in total. The van der Waals surface area contributed by atoms with Gasteiger partial charge in [-0.1, -0.05) is 18.2 Å². The van der Waals surface area contributed by atoms with E-state index in [1.54, 1.807) is 18.2 Å². The number of rotatable bonds is 6. The molecule has 0 bridgehead atoms. The molecule has 3 aromatic rings. The molecule has 140 valence electrons. The molecule has 2 aromatic carbocycles. The predicted octanol–water partition coefficient (Wildman–Crippen LogP) is 2.36. The smallest absolute Gasteiger partial charge is 0.360 e. The van der Waals surface area contributed by atoms with Crippen LogP contribution in [-0.4, -0.2) is 42.7 Å². The van der Waals surface area contributed by atoms with E-state index in [0.717, 1.165) is 6.26 Å². The summed E-state index contributed by atoms with van der Waals surface area (Å²) in [4.78, 5) is 24.8. The lowest BCUT2D eigenvalue weighted by atomic mass is 10.1. The first-order valence-corrected chi connectivity index (χ1v) is 9.90. The summed E-state index contributed by atoms with van der Waals surface area (Å²) < 4.78 is 30.0. The predicted molar refractivity (Wildman–Crippen MR) is 100 cm³/mol. The number of nitrogens with one attached hydrogen (secondary N) is 2. The molecule has 9 heteroatoms. The lowest BCUT2D eigenvalue weighted by Crippen LogP contribution is -2.24. The average Bonchev–Trinajstić information content (AvgIpc) is 3.04. The number of aromatic nitrogens is 2. The molecule has 0 saturated heterocycles. The summed E-state index contributed by atoms with van der Waals surface area (Å²) in [6.07, 6.45) is 0.00784. The molecule has 3 rings (SSSR count). The Morgan fingerprint density at radius 1 is 1.11 bits per heavy atom. The highest BCUT2D eigenvalue weighted by Crippen LogP contribution is 2.18. The first-order chi connectivity index (χ1) is 12.7. The highest BCUT2D eigenvalue weighted by atomic mass is 32.2. The average molecular weight is 387 g/mol. The monoisotopic (exact) mass is 387 g/mol. The van der Waals surface area contributed by atoms with Crippen LogP contribution in [0.5, 0.6) is 0 Å². The SMILES string of the molecule is CC(OC(=O)c1n[nH]c2ccccc12)C(=O)c1ccc(NS(C)(=O)=O)cc1. The normalized spacial score (nSPS) is 12.5. The number of nitrogens with zero attached hydrogens (tertiary/aromatic N) is 1. The van der Waals surface area contributed by atoms with Crippen LogP contribution in [0.3, 0.4) is 0 Å². The van der Waals surface area contributed by atoms with E-state index in [0.29, 0.717) is 22.2 Å². The quantitative estimate of drug-likeness (QED) is 0.495. The maximum atomic E-state index is 12.5. The number of H-pyrrole nitrogens is 1. The van der Waals surface area contributed by atoms with E-state index in [-0.39, 0.29) is 5.69 Å². The second kappa shape index (κ2) is 7.20. The van der Waals surface area contributed by atoms with E-state index in [1.807, 2.05) is 6.07 Å². The summed E-state index contributed by atoms with van der Waals surface area (Å²) in [5, 5.41) is 7.30. The Morgan fingerprint density at radius 3 is 2.44 bits per heavy atom. The zero-order valence-electron chi connectivity index (χ0n) is 14.6. The number of ketones is 1. The number of aromatic amines is 1. The van der Waals surface area contributed by atoms with Crippen molar-refractivity contribution < 1.29 is 22.7 Å². The third-order valence-electron chi connectivity index (χ3n) is 3.79. The Kier molecular flexibility index (Phi) is 4.95. The first kappa shape index (κ1) is 18.6. The van der Waals surface area contributed by atoms with Crippen molar-refractivity contribution >= 4 is 38.4 Å². The van der Waals surface area contributed by atoms with Gasteiger partial charge in [0.05, 0.1) is 11.8 Å². The van der Waals surface area contributed by atoms with Crippen molar-refractivity contribution in [3.63, 3.8) is 0 Å². The van der Waals surface area contributed by atoms with Crippen LogP contribution in [0.4, 0.5) is 5.69 Å². The van der Waals surface area contributed by atoms with Gasteiger partial charge in [-0.3, -0.25) is 14.6 Å². The van der Waals surface area contributed by atoms with Crippen molar-refractivity contribution in [1.29, 1.82) is 0 Å². The van der Waals surface area contributed by atoms with E-state index in [2.05, 4.69) is 14.9 Å². The van der Waals surface area contributed by atoms with Crippen LogP contribution < -0.4 is 4.72 Å². The largest absolute Gasteiger partial charge is 0.449 e. The Hall–Kier alpha value is -3.20. The van der Waals surface area contributed by atoms with Crippen LogP contribution in [-0.2, 0) is 14.8 Å². The summed E-state index contributed by atoms with van der Waals surface area (Å²) in [5.41, 5.74) is 1.43. The van der Waals surface area contributed by atoms with E-state index >= 15 is 0 Å². The van der Waals surface area contributed by atoms with Crippen LogP contribution in [0.25, 0.3) is 10.9 Å². The molecule has 0 saturated carbocycles. The number of hydrogen-bond donors (Lipinski definition) is 2. The number of anilines is 1. The second-order valence-electron chi connectivity index (χ2n) is 5.98. The molecule has 27 heavy (non-hydrogen) atoms. The molecule has 0 aliphatic rings. The van der Waals surface area contributed by atoms with Gasteiger partial charge in [-0.25, -0.2) is 13.2 Å². The molecular weight excluding hydrogens is 370 g/mol. The zero-order chi connectivity index (χ0) is 19.6. The fourth-order valence-corrected chi connectivity index (χ4v) is 3.10. The minimum Gasteiger partial charge on any atom is -0.449 e. The van der Waals surface area contributed by atoms with E-state index in [1.165, 1.54) is 31.2 Å². The molecule has 0 aliphatic heterocycles. The standard InChI is InChI=1S/C18H17N3O5S/c1-11(17(22)12-7-9-13(10-8-12)21-27(2,24)25)26-18(23)16-14-5-3-4-6-15(14)19-20-16/h3-11,21H,1-2H3,(H,19,20). The number of ether oxygens (including phenoxy) is 1. The summed E-state index contributed by atoms with van der Waals surface area (Å²) in [7, 11) is -3.40. The number of carbonyl (C=O) groups is 2. The summed E-state index contributed by atoms with van der Waals surface area (Å²) in [6.45, 7) is 1.47. The van der Waals surface area contributed by atoms with Crippen LogP contribution >= 0.6 is 0 Å². The Balaban J connectivity index is 1.71. The van der Waals surface area contributed by atoms with Gasteiger partial charge >= 0.3 is 5.97 Å². The molecular formula is C18H17N3O5S. The fraction of sp³-hybridized carbons (Fsp3) is 0.167. The fourth-order valence-electron chi connectivity index (χ4n) is 2.54. The minimum absolute atomic E-state index is 0.109. The summed E-state index contributed by atoms with van der Waals surface area (Å²) in [5.74, 6) is -1.11. The summed E-state index contributed by atoms with van der Waals surface area (Å²) in [6, 6.07) is 12.9. The van der Waals surface area contributed by atoms with Gasteiger partial charge in [0.1, 0.15) is 0 Å². The molecule has 1 heterocycles. The van der Waals surface area contributed by atoms with Crippen LogP contribution in [0, 0.1) is 0 Å². The maximum Gasteiger partial charge on any atom is 0.360 e. The molecule has 1 unspecified atom stereocenters. The highest BCUT2D eigenvalue weighted by molar-refractivity contribution is 7.92. The van der Waals surface area contributed by atoms with Crippen molar-refractivity contribution in [2.75, 3.05) is 11.0 Å². The number of para-hydroxylation sites is 1. The minimum atomic E-state index is -3.40. The van der Waals surface area contributed by atoms with Gasteiger partial charge in [-0.15, -0.1) is 0 Å². The molecule has 1 aromatic heterocycles. The van der Waals surface area contributed by atoms with Crippen LogP contribution in [0.1, 0.15) is 27.8 Å². The number of sulfonamides is 1. The van der Waals surface area contributed by atoms with Crippen LogP contribution in [0.2, 0.25) is 0 Å². The Bertz CT molecular complexity index is 1100. The Morgan fingerprint density at radius 2 is 1.78 bits per heavy atom. The molecule has 0 aliphatic carbocycles. The van der Waals surface area contributed by atoms with Crippen molar-refractivity contribution in [1.82, 2.24) is 10.2 Å². The van der Waals surface area contributed by atoms with Crippen molar-refractivity contribution in [3.05, 3.63) is 59.8 Å². The van der Waals surface area contributed by atoms with Gasteiger partial charge in [0, 0.05) is 16.6 Å². The molecule has 0 radical (unpaired) electrons. The van der Waals surface area contributed by atoms with Gasteiger partial charge in [0.25, 0.3) is 0 Å². The lowest BCUT2D eigenvalue weighted by molar-refractivity contribution is 0.0315. The van der Waals surface area contributed by atoms with Gasteiger partial charge in [-0.2, -0.15) is 5.10 Å². The van der Waals surface area contributed by atoms with E-state index in [9.17, 15) is 18.0 Å². The van der Waals surface area contributed by atoms with Crippen molar-refractivity contribution in [2.24, 2.45) is 0 Å². The molecule has 0 amide bonds. The van der Waals surface area contributed by atoms with E-state index in [4.69, 9.17) is 4.74 Å². The number of Topliss-reactive ketones (excluding diaryl/α,β-unsaturated/α-hetero) is 1. The van der Waals surface area contributed by atoms with Crippen LogP contribution in [0.15, 0.2) is 48.5 Å². The number of esters is 1. The number of carbonyl (C=O) groups excluding carboxylic acids is 2. The Labute approximate surface area is 155 Å². The third-order valence-corrected chi connectivity index (χ3v) is 4.40. The summed E-state index contributed by atoms with van der Waals surface area (Å²) >= 11 is 0. The molecule has 1 atom stereocenters. The lowest BCUT2D eigenvalue weighted by Gasteiger charge is -2.12. The number of fused-ring (bicyclic) bond motifs is 1. The van der Waals surface area contributed by atoms with Gasteiger partial charge in [-0.05, 0) is 37.3 Å². The topological polar surface area (TPSA) is 118 Å². The zero-order valence-corrected chi connectivity index (χ0v) is 15.4.